The second-order valence-electron chi connectivity index (χ2n) is 8.04. The number of amides is 1. The molecule has 0 unspecified atom stereocenters. The van der Waals surface area contributed by atoms with Gasteiger partial charge >= 0.3 is 0 Å². The summed E-state index contributed by atoms with van der Waals surface area (Å²) in [7, 11) is 1.95. The van der Waals surface area contributed by atoms with E-state index in [9.17, 15) is 4.79 Å². The number of aromatic nitrogens is 4. The van der Waals surface area contributed by atoms with Crippen LogP contribution in [0.2, 0.25) is 0 Å². The Morgan fingerprint density at radius 1 is 1.25 bits per heavy atom. The molecule has 7 nitrogen and oxygen atoms in total. The van der Waals surface area contributed by atoms with Gasteiger partial charge in [-0.05, 0) is 57.6 Å². The van der Waals surface area contributed by atoms with Crippen molar-refractivity contribution in [3.05, 3.63) is 40.2 Å². The second kappa shape index (κ2) is 7.28. The van der Waals surface area contributed by atoms with Crippen molar-refractivity contribution in [1.82, 2.24) is 24.6 Å². The van der Waals surface area contributed by atoms with Gasteiger partial charge in [0.05, 0.1) is 18.0 Å². The van der Waals surface area contributed by atoms with Gasteiger partial charge in [-0.1, -0.05) is 0 Å². The quantitative estimate of drug-likeness (QED) is 0.812. The summed E-state index contributed by atoms with van der Waals surface area (Å²) in [5, 5.41) is 4.45. The van der Waals surface area contributed by atoms with E-state index in [-0.39, 0.29) is 11.5 Å². The minimum Gasteiger partial charge on any atom is -0.368 e. The van der Waals surface area contributed by atoms with E-state index >= 15 is 0 Å². The molecule has 0 aromatic carbocycles. The number of piperidine rings is 1. The van der Waals surface area contributed by atoms with Crippen LogP contribution in [0.1, 0.15) is 53.3 Å². The van der Waals surface area contributed by atoms with Gasteiger partial charge in [0.2, 0.25) is 5.91 Å². The number of fused-ring (bicyclic) bond motifs is 2. The van der Waals surface area contributed by atoms with E-state index < -0.39 is 0 Å². The molecule has 4 rings (SSSR count). The fourth-order valence-corrected chi connectivity index (χ4v) is 4.56. The summed E-state index contributed by atoms with van der Waals surface area (Å²) in [6.45, 7) is 8.13. The van der Waals surface area contributed by atoms with Gasteiger partial charge in [-0.3, -0.25) is 9.48 Å². The summed E-state index contributed by atoms with van der Waals surface area (Å²) in [6, 6.07) is 0. The van der Waals surface area contributed by atoms with Crippen molar-refractivity contribution < 1.29 is 9.53 Å². The number of ether oxygens (including phenoxy) is 1. The molecule has 2 aliphatic heterocycles. The molecule has 0 N–H and O–H groups in total. The third-order valence-corrected chi connectivity index (χ3v) is 6.34. The molecule has 2 aromatic rings. The molecule has 4 heterocycles. The van der Waals surface area contributed by atoms with Crippen molar-refractivity contribution in [2.45, 2.75) is 58.5 Å². The van der Waals surface area contributed by atoms with Crippen LogP contribution in [0.4, 0.5) is 0 Å². The number of hydrogen-bond donors (Lipinski definition) is 0. The van der Waals surface area contributed by atoms with Crippen LogP contribution in [0.15, 0.2) is 6.20 Å². The molecule has 1 amide bonds. The smallest absolute Gasteiger partial charge is 0.222 e. The summed E-state index contributed by atoms with van der Waals surface area (Å²) in [5.74, 6) is 0.997. The molecule has 150 valence electrons. The number of nitrogens with zero attached hydrogens (tertiary/aromatic N) is 5. The van der Waals surface area contributed by atoms with E-state index in [0.29, 0.717) is 26.1 Å². The number of aryl methyl sites for hydroxylation is 3. The fourth-order valence-electron chi connectivity index (χ4n) is 4.56. The van der Waals surface area contributed by atoms with E-state index in [2.05, 4.69) is 17.0 Å². The third kappa shape index (κ3) is 3.32. The predicted molar refractivity (Wildman–Crippen MR) is 105 cm³/mol. The maximum absolute atomic E-state index is 12.8. The normalized spacial score (nSPS) is 18.4. The average Bonchev–Trinajstić information content (AvgIpc) is 2.93. The largest absolute Gasteiger partial charge is 0.368 e. The third-order valence-electron chi connectivity index (χ3n) is 6.34. The molecule has 0 atom stereocenters. The minimum atomic E-state index is -0.353. The highest BCUT2D eigenvalue weighted by atomic mass is 16.5. The molecule has 1 spiro atoms. The van der Waals surface area contributed by atoms with Gasteiger partial charge in [0, 0.05) is 38.4 Å². The Hall–Kier alpha value is -2.28. The lowest BCUT2D eigenvalue weighted by Crippen LogP contribution is -2.49. The van der Waals surface area contributed by atoms with Crippen molar-refractivity contribution in [3.8, 4) is 0 Å². The standard InChI is InChI=1S/C21H29N5O2/c1-14-18(15(2)25(4)24-14)5-6-19(27)26-10-8-21(9-11-26)20-17(7-12-28-21)13-22-16(3)23-20/h13H,5-12H2,1-4H3. The van der Waals surface area contributed by atoms with Crippen molar-refractivity contribution >= 4 is 5.91 Å². The van der Waals surface area contributed by atoms with E-state index in [1.165, 1.54) is 11.1 Å². The summed E-state index contributed by atoms with van der Waals surface area (Å²) in [5.41, 5.74) is 5.24. The molecular weight excluding hydrogens is 354 g/mol. The van der Waals surface area contributed by atoms with Crippen LogP contribution < -0.4 is 0 Å². The fraction of sp³-hybridized carbons (Fsp3) is 0.619. The van der Waals surface area contributed by atoms with Crippen LogP contribution in [-0.2, 0) is 35.0 Å². The van der Waals surface area contributed by atoms with Gasteiger partial charge in [0.15, 0.2) is 0 Å². The van der Waals surface area contributed by atoms with Gasteiger partial charge in [0.1, 0.15) is 11.4 Å². The van der Waals surface area contributed by atoms with Crippen LogP contribution in [0.25, 0.3) is 0 Å². The first-order chi connectivity index (χ1) is 13.4. The Balaban J connectivity index is 1.41. The Labute approximate surface area is 166 Å². The highest BCUT2D eigenvalue weighted by molar-refractivity contribution is 5.76. The Morgan fingerprint density at radius 2 is 2.00 bits per heavy atom. The van der Waals surface area contributed by atoms with Crippen LogP contribution in [-0.4, -0.2) is 50.3 Å². The first-order valence-corrected chi connectivity index (χ1v) is 10.1. The van der Waals surface area contributed by atoms with E-state index in [4.69, 9.17) is 9.72 Å². The minimum absolute atomic E-state index is 0.215. The molecule has 7 heteroatoms. The molecule has 2 aromatic heterocycles. The SMILES string of the molecule is Cc1ncc2c(n1)C1(CCN(C(=O)CCc3c(C)nn(C)c3C)CC1)OCC2. The summed E-state index contributed by atoms with van der Waals surface area (Å²) >= 11 is 0. The van der Waals surface area contributed by atoms with E-state index in [1.54, 1.807) is 0 Å². The molecule has 0 saturated carbocycles. The molecule has 0 radical (unpaired) electrons. The maximum atomic E-state index is 12.8. The number of carbonyl (C=O) groups excluding carboxylic acids is 1. The number of rotatable bonds is 3. The highest BCUT2D eigenvalue weighted by Gasteiger charge is 2.43. The topological polar surface area (TPSA) is 73.1 Å². The zero-order chi connectivity index (χ0) is 19.9. The first kappa shape index (κ1) is 19.1. The average molecular weight is 383 g/mol. The molecule has 28 heavy (non-hydrogen) atoms. The summed E-state index contributed by atoms with van der Waals surface area (Å²) in [6.07, 6.45) is 5.68. The lowest BCUT2D eigenvalue weighted by Gasteiger charge is -2.44. The molecule has 0 bridgehead atoms. The summed E-state index contributed by atoms with van der Waals surface area (Å²) in [4.78, 5) is 23.8. The Kier molecular flexibility index (Phi) is 4.95. The van der Waals surface area contributed by atoms with Crippen molar-refractivity contribution in [1.29, 1.82) is 0 Å². The van der Waals surface area contributed by atoms with Crippen molar-refractivity contribution in [2.75, 3.05) is 19.7 Å². The van der Waals surface area contributed by atoms with Gasteiger partial charge in [-0.2, -0.15) is 5.10 Å². The number of hydrogen-bond acceptors (Lipinski definition) is 5. The van der Waals surface area contributed by atoms with Crippen LogP contribution in [0.5, 0.6) is 0 Å². The highest BCUT2D eigenvalue weighted by Crippen LogP contribution is 2.40. The number of carbonyl (C=O) groups is 1. The van der Waals surface area contributed by atoms with Crippen LogP contribution in [0, 0.1) is 20.8 Å². The monoisotopic (exact) mass is 383 g/mol. The predicted octanol–water partition coefficient (Wildman–Crippen LogP) is 2.16. The molecule has 1 fully saturated rings. The second-order valence-corrected chi connectivity index (χ2v) is 8.04. The Morgan fingerprint density at radius 3 is 2.68 bits per heavy atom. The zero-order valence-electron chi connectivity index (χ0n) is 17.3. The van der Waals surface area contributed by atoms with Crippen LogP contribution in [0.3, 0.4) is 0 Å². The van der Waals surface area contributed by atoms with Gasteiger partial charge < -0.3 is 9.64 Å². The zero-order valence-corrected chi connectivity index (χ0v) is 17.3. The molecule has 0 aliphatic carbocycles. The molecule has 1 saturated heterocycles. The van der Waals surface area contributed by atoms with Crippen LogP contribution >= 0.6 is 0 Å². The van der Waals surface area contributed by atoms with E-state index in [1.807, 2.05) is 36.7 Å². The van der Waals surface area contributed by atoms with Gasteiger partial charge in [-0.15, -0.1) is 0 Å². The molecule has 2 aliphatic rings. The molecular formula is C21H29N5O2. The Bertz CT molecular complexity index is 896. The van der Waals surface area contributed by atoms with Gasteiger partial charge in [-0.25, -0.2) is 9.97 Å². The lowest BCUT2D eigenvalue weighted by atomic mass is 9.83. The number of likely N-dealkylation sites (tertiary alicyclic amines) is 1. The van der Waals surface area contributed by atoms with E-state index in [0.717, 1.165) is 48.6 Å². The summed E-state index contributed by atoms with van der Waals surface area (Å²) < 4.78 is 8.13. The lowest BCUT2D eigenvalue weighted by molar-refractivity contribution is -0.141. The van der Waals surface area contributed by atoms with Crippen molar-refractivity contribution in [2.24, 2.45) is 7.05 Å². The maximum Gasteiger partial charge on any atom is 0.222 e. The van der Waals surface area contributed by atoms with Crippen molar-refractivity contribution in [3.63, 3.8) is 0 Å². The first-order valence-electron chi connectivity index (χ1n) is 10.1. The van der Waals surface area contributed by atoms with Gasteiger partial charge in [0.25, 0.3) is 0 Å².